The van der Waals surface area contributed by atoms with Crippen molar-refractivity contribution in [1.29, 1.82) is 0 Å². The Labute approximate surface area is 133 Å². The molecule has 0 aliphatic rings. The van der Waals surface area contributed by atoms with Crippen molar-refractivity contribution < 1.29 is 14.4 Å². The van der Waals surface area contributed by atoms with Crippen LogP contribution in [0.3, 0.4) is 0 Å². The van der Waals surface area contributed by atoms with E-state index in [1.165, 1.54) is 6.92 Å². The Morgan fingerprint density at radius 1 is 0.783 bits per heavy atom. The Balaban J connectivity index is 2.09. The Kier molecular flexibility index (Phi) is 5.09. The summed E-state index contributed by atoms with van der Waals surface area (Å²) in [5.74, 6) is -0.692. The summed E-state index contributed by atoms with van der Waals surface area (Å²) in [7, 11) is 1.56. The van der Waals surface area contributed by atoms with Gasteiger partial charge < -0.3 is 16.0 Å². The third-order valence-electron chi connectivity index (χ3n) is 3.08. The number of carbonyl (C=O) groups excluding carboxylic acids is 3. The SMILES string of the molecule is CNC(=O)c1ccc(NC(=O)c2cccc(NC(C)=O)c2)cc1. The van der Waals surface area contributed by atoms with Gasteiger partial charge in [-0.25, -0.2) is 0 Å². The molecule has 0 spiro atoms. The Morgan fingerprint density at radius 2 is 1.48 bits per heavy atom. The molecule has 6 nitrogen and oxygen atoms in total. The fraction of sp³-hybridized carbons (Fsp3) is 0.118. The molecule has 2 aromatic carbocycles. The van der Waals surface area contributed by atoms with Crippen LogP contribution in [-0.4, -0.2) is 24.8 Å². The van der Waals surface area contributed by atoms with Gasteiger partial charge in [-0.3, -0.25) is 14.4 Å². The molecule has 3 N–H and O–H groups in total. The zero-order valence-corrected chi connectivity index (χ0v) is 12.8. The Morgan fingerprint density at radius 3 is 2.09 bits per heavy atom. The summed E-state index contributed by atoms with van der Waals surface area (Å²) in [6.45, 7) is 1.40. The first-order valence-electron chi connectivity index (χ1n) is 7.01. The van der Waals surface area contributed by atoms with Crippen molar-refractivity contribution in [2.24, 2.45) is 0 Å². The van der Waals surface area contributed by atoms with Crippen molar-refractivity contribution in [3.05, 3.63) is 59.7 Å². The summed E-state index contributed by atoms with van der Waals surface area (Å²) in [5.41, 5.74) is 2.07. The predicted octanol–water partition coefficient (Wildman–Crippen LogP) is 2.26. The fourth-order valence-corrected chi connectivity index (χ4v) is 1.99. The van der Waals surface area contributed by atoms with E-state index in [2.05, 4.69) is 16.0 Å². The first-order chi connectivity index (χ1) is 11.0. The summed E-state index contributed by atoms with van der Waals surface area (Å²) in [6, 6.07) is 13.2. The second-order valence-corrected chi connectivity index (χ2v) is 4.87. The second-order valence-electron chi connectivity index (χ2n) is 4.87. The van der Waals surface area contributed by atoms with Crippen molar-refractivity contribution in [3.8, 4) is 0 Å². The number of carbonyl (C=O) groups is 3. The highest BCUT2D eigenvalue weighted by Gasteiger charge is 2.08. The number of amides is 3. The van der Waals surface area contributed by atoms with Crippen LogP contribution in [0.5, 0.6) is 0 Å². The molecule has 0 aliphatic heterocycles. The number of hydrogen-bond donors (Lipinski definition) is 3. The van der Waals surface area contributed by atoms with Gasteiger partial charge in [-0.05, 0) is 42.5 Å². The van der Waals surface area contributed by atoms with Crippen molar-refractivity contribution >= 4 is 29.1 Å². The molecule has 2 aromatic rings. The number of anilines is 2. The van der Waals surface area contributed by atoms with E-state index in [0.29, 0.717) is 22.5 Å². The van der Waals surface area contributed by atoms with Crippen LogP contribution < -0.4 is 16.0 Å². The summed E-state index contributed by atoms with van der Waals surface area (Å²) in [6.07, 6.45) is 0. The highest BCUT2D eigenvalue weighted by Crippen LogP contribution is 2.14. The van der Waals surface area contributed by atoms with Gasteiger partial charge in [-0.15, -0.1) is 0 Å². The van der Waals surface area contributed by atoms with Gasteiger partial charge in [0.05, 0.1) is 0 Å². The first-order valence-corrected chi connectivity index (χ1v) is 7.01. The molecular weight excluding hydrogens is 294 g/mol. The molecule has 0 atom stereocenters. The minimum absolute atomic E-state index is 0.189. The lowest BCUT2D eigenvalue weighted by Gasteiger charge is -2.08. The van der Waals surface area contributed by atoms with Crippen LogP contribution in [0.15, 0.2) is 48.5 Å². The minimum atomic E-state index is -0.301. The normalized spacial score (nSPS) is 9.83. The Hall–Kier alpha value is -3.15. The van der Waals surface area contributed by atoms with E-state index in [9.17, 15) is 14.4 Å². The van der Waals surface area contributed by atoms with E-state index in [-0.39, 0.29) is 17.7 Å². The maximum absolute atomic E-state index is 12.2. The van der Waals surface area contributed by atoms with Crippen LogP contribution in [-0.2, 0) is 4.79 Å². The number of benzene rings is 2. The molecule has 0 heterocycles. The zero-order chi connectivity index (χ0) is 16.8. The van der Waals surface area contributed by atoms with Crippen LogP contribution in [0.25, 0.3) is 0 Å². The lowest BCUT2D eigenvalue weighted by atomic mass is 10.1. The van der Waals surface area contributed by atoms with E-state index < -0.39 is 0 Å². The van der Waals surface area contributed by atoms with Gasteiger partial charge in [0, 0.05) is 36.5 Å². The number of hydrogen-bond acceptors (Lipinski definition) is 3. The molecule has 118 valence electrons. The third-order valence-corrected chi connectivity index (χ3v) is 3.08. The average Bonchev–Trinajstić information content (AvgIpc) is 2.54. The molecule has 0 unspecified atom stereocenters. The van der Waals surface area contributed by atoms with Gasteiger partial charge >= 0.3 is 0 Å². The van der Waals surface area contributed by atoms with Crippen molar-refractivity contribution in [1.82, 2.24) is 5.32 Å². The zero-order valence-electron chi connectivity index (χ0n) is 12.8. The summed E-state index contributed by atoms with van der Waals surface area (Å²) in [5, 5.41) is 7.89. The minimum Gasteiger partial charge on any atom is -0.355 e. The standard InChI is InChI=1S/C17H17N3O3/c1-11(21)19-15-5-3-4-13(10-15)17(23)20-14-8-6-12(7-9-14)16(22)18-2/h3-10H,1-2H3,(H,18,22)(H,19,21)(H,20,23). The van der Waals surface area contributed by atoms with Gasteiger partial charge in [0.1, 0.15) is 0 Å². The molecule has 23 heavy (non-hydrogen) atoms. The molecule has 0 saturated carbocycles. The third kappa shape index (κ3) is 4.41. The smallest absolute Gasteiger partial charge is 0.255 e. The molecule has 3 amide bonds. The molecule has 0 aliphatic carbocycles. The highest BCUT2D eigenvalue weighted by molar-refractivity contribution is 6.05. The number of nitrogens with one attached hydrogen (secondary N) is 3. The molecule has 0 radical (unpaired) electrons. The van der Waals surface area contributed by atoms with Crippen LogP contribution in [0.4, 0.5) is 11.4 Å². The van der Waals surface area contributed by atoms with Crippen molar-refractivity contribution in [3.63, 3.8) is 0 Å². The highest BCUT2D eigenvalue weighted by atomic mass is 16.2. The van der Waals surface area contributed by atoms with E-state index in [4.69, 9.17) is 0 Å². The monoisotopic (exact) mass is 311 g/mol. The van der Waals surface area contributed by atoms with E-state index in [1.54, 1.807) is 55.6 Å². The second kappa shape index (κ2) is 7.22. The van der Waals surface area contributed by atoms with Crippen LogP contribution in [0.2, 0.25) is 0 Å². The Bertz CT molecular complexity index is 739. The summed E-state index contributed by atoms with van der Waals surface area (Å²) >= 11 is 0. The summed E-state index contributed by atoms with van der Waals surface area (Å²) < 4.78 is 0. The van der Waals surface area contributed by atoms with Crippen molar-refractivity contribution in [2.75, 3.05) is 17.7 Å². The van der Waals surface area contributed by atoms with Gasteiger partial charge in [-0.2, -0.15) is 0 Å². The maximum atomic E-state index is 12.2. The van der Waals surface area contributed by atoms with E-state index in [0.717, 1.165) is 0 Å². The lowest BCUT2D eigenvalue weighted by molar-refractivity contribution is -0.114. The quantitative estimate of drug-likeness (QED) is 0.809. The molecule has 0 aromatic heterocycles. The molecule has 0 bridgehead atoms. The van der Waals surface area contributed by atoms with Gasteiger partial charge in [0.25, 0.3) is 11.8 Å². The first kappa shape index (κ1) is 16.2. The van der Waals surface area contributed by atoms with Crippen LogP contribution in [0.1, 0.15) is 27.6 Å². The van der Waals surface area contributed by atoms with Gasteiger partial charge in [0.15, 0.2) is 0 Å². The average molecular weight is 311 g/mol. The maximum Gasteiger partial charge on any atom is 0.255 e. The lowest BCUT2D eigenvalue weighted by Crippen LogP contribution is -2.18. The van der Waals surface area contributed by atoms with Crippen LogP contribution >= 0.6 is 0 Å². The fourth-order valence-electron chi connectivity index (χ4n) is 1.99. The molecule has 6 heteroatoms. The van der Waals surface area contributed by atoms with Gasteiger partial charge in [-0.1, -0.05) is 6.07 Å². The largest absolute Gasteiger partial charge is 0.355 e. The van der Waals surface area contributed by atoms with E-state index >= 15 is 0 Å². The van der Waals surface area contributed by atoms with Crippen molar-refractivity contribution in [2.45, 2.75) is 6.92 Å². The molecule has 2 rings (SSSR count). The number of rotatable bonds is 4. The predicted molar refractivity (Wildman–Crippen MR) is 88.5 cm³/mol. The molecular formula is C17H17N3O3. The molecule has 0 fully saturated rings. The molecule has 0 saturated heterocycles. The van der Waals surface area contributed by atoms with Gasteiger partial charge in [0.2, 0.25) is 5.91 Å². The topological polar surface area (TPSA) is 87.3 Å². The summed E-state index contributed by atoms with van der Waals surface area (Å²) in [4.78, 5) is 34.7. The van der Waals surface area contributed by atoms with Crippen LogP contribution in [0, 0.1) is 0 Å². The van der Waals surface area contributed by atoms with E-state index in [1.807, 2.05) is 0 Å².